The van der Waals surface area contributed by atoms with E-state index in [0.29, 0.717) is 6.42 Å². The number of carboxylic acids is 1. The maximum Gasteiger partial charge on any atom is 0.314 e. The summed E-state index contributed by atoms with van der Waals surface area (Å²) in [6, 6.07) is 8.24. The minimum Gasteiger partial charge on any atom is -0.481 e. The third-order valence-electron chi connectivity index (χ3n) is 4.35. The zero-order valence-corrected chi connectivity index (χ0v) is 14.2. The molecular formula is C19H30O2. The summed E-state index contributed by atoms with van der Waals surface area (Å²) in [5, 5.41) is 9.86. The van der Waals surface area contributed by atoms with Crippen molar-refractivity contribution in [2.75, 3.05) is 0 Å². The average molecular weight is 290 g/mol. The number of unbranched alkanes of at least 4 members (excludes halogenated alkanes) is 1. The lowest BCUT2D eigenvalue weighted by Gasteiger charge is -2.30. The molecule has 1 atom stereocenters. The van der Waals surface area contributed by atoms with Gasteiger partial charge in [0.1, 0.15) is 0 Å². The van der Waals surface area contributed by atoms with Gasteiger partial charge in [-0.05, 0) is 29.4 Å². The molecule has 0 bridgehead atoms. The number of hydrogen-bond donors (Lipinski definition) is 1. The van der Waals surface area contributed by atoms with Crippen LogP contribution >= 0.6 is 0 Å². The Labute approximate surface area is 129 Å². The maximum atomic E-state index is 12.0. The number of rotatable bonds is 7. The summed E-state index contributed by atoms with van der Waals surface area (Å²) in [6.45, 7) is 10.7. The van der Waals surface area contributed by atoms with Crippen molar-refractivity contribution in [3.63, 3.8) is 0 Å². The summed E-state index contributed by atoms with van der Waals surface area (Å²) in [5.41, 5.74) is 1.58. The molecule has 1 aromatic rings. The molecule has 0 saturated carbocycles. The molecule has 0 amide bonds. The standard InChI is InChI=1S/C19H30O2/c1-6-8-14-19(13-7-2,17(20)21)16-11-9-15(10-12-16)18(3,4)5/h9-12H,6-8,13-14H2,1-5H3,(H,20,21). The molecule has 0 spiro atoms. The molecule has 0 aromatic heterocycles. The van der Waals surface area contributed by atoms with Crippen molar-refractivity contribution in [1.29, 1.82) is 0 Å². The van der Waals surface area contributed by atoms with Crippen LogP contribution in [0.4, 0.5) is 0 Å². The summed E-state index contributed by atoms with van der Waals surface area (Å²) >= 11 is 0. The number of hydrogen-bond acceptors (Lipinski definition) is 1. The first kappa shape index (κ1) is 17.7. The van der Waals surface area contributed by atoms with Crippen LogP contribution in [0.2, 0.25) is 0 Å². The van der Waals surface area contributed by atoms with E-state index in [0.717, 1.165) is 31.2 Å². The Hall–Kier alpha value is -1.31. The quantitative estimate of drug-likeness (QED) is 0.740. The Balaban J connectivity index is 3.21. The molecule has 0 aliphatic carbocycles. The Morgan fingerprint density at radius 2 is 1.48 bits per heavy atom. The zero-order chi connectivity index (χ0) is 16.1. The first-order chi connectivity index (χ1) is 9.78. The SMILES string of the molecule is CCCCC(CCC)(C(=O)O)c1ccc(C(C)(C)C)cc1. The molecule has 2 heteroatoms. The predicted molar refractivity (Wildman–Crippen MR) is 88.9 cm³/mol. The van der Waals surface area contributed by atoms with Crippen molar-refractivity contribution < 1.29 is 9.90 Å². The highest BCUT2D eigenvalue weighted by Crippen LogP contribution is 2.36. The minimum absolute atomic E-state index is 0.0958. The molecule has 1 unspecified atom stereocenters. The highest BCUT2D eigenvalue weighted by Gasteiger charge is 2.38. The van der Waals surface area contributed by atoms with Crippen molar-refractivity contribution in [3.05, 3.63) is 35.4 Å². The van der Waals surface area contributed by atoms with Gasteiger partial charge in [-0.3, -0.25) is 4.79 Å². The van der Waals surface area contributed by atoms with Gasteiger partial charge in [-0.25, -0.2) is 0 Å². The topological polar surface area (TPSA) is 37.3 Å². The van der Waals surface area contributed by atoms with E-state index in [4.69, 9.17) is 0 Å². The molecule has 1 rings (SSSR count). The molecule has 0 heterocycles. The minimum atomic E-state index is -0.721. The third kappa shape index (κ3) is 4.09. The second-order valence-electron chi connectivity index (χ2n) is 7.07. The van der Waals surface area contributed by atoms with Crippen molar-refractivity contribution >= 4 is 5.97 Å². The van der Waals surface area contributed by atoms with Crippen LogP contribution < -0.4 is 0 Å². The summed E-state index contributed by atoms with van der Waals surface area (Å²) in [5.74, 6) is -0.679. The molecule has 0 aliphatic rings. The van der Waals surface area contributed by atoms with E-state index in [2.05, 4.69) is 46.8 Å². The molecular weight excluding hydrogens is 260 g/mol. The Morgan fingerprint density at radius 1 is 0.952 bits per heavy atom. The molecule has 0 radical (unpaired) electrons. The lowest BCUT2D eigenvalue weighted by molar-refractivity contribution is -0.144. The summed E-state index contributed by atoms with van der Waals surface area (Å²) in [6.07, 6.45) is 4.29. The van der Waals surface area contributed by atoms with E-state index in [1.807, 2.05) is 12.1 Å². The van der Waals surface area contributed by atoms with Gasteiger partial charge in [0.15, 0.2) is 0 Å². The summed E-state index contributed by atoms with van der Waals surface area (Å²) in [7, 11) is 0. The van der Waals surface area contributed by atoms with Crippen LogP contribution in [0.15, 0.2) is 24.3 Å². The maximum absolute atomic E-state index is 12.0. The molecule has 118 valence electrons. The summed E-state index contributed by atoms with van der Waals surface area (Å²) in [4.78, 5) is 12.0. The van der Waals surface area contributed by atoms with Gasteiger partial charge in [0.05, 0.1) is 5.41 Å². The molecule has 2 nitrogen and oxygen atoms in total. The smallest absolute Gasteiger partial charge is 0.314 e. The second-order valence-corrected chi connectivity index (χ2v) is 7.07. The van der Waals surface area contributed by atoms with Crippen LogP contribution in [0.1, 0.15) is 77.8 Å². The zero-order valence-electron chi connectivity index (χ0n) is 14.2. The fourth-order valence-corrected chi connectivity index (χ4v) is 2.95. The van der Waals surface area contributed by atoms with E-state index in [1.54, 1.807) is 0 Å². The van der Waals surface area contributed by atoms with Crippen LogP contribution in [0, 0.1) is 0 Å². The van der Waals surface area contributed by atoms with Crippen molar-refractivity contribution in [2.24, 2.45) is 0 Å². The van der Waals surface area contributed by atoms with Gasteiger partial charge >= 0.3 is 5.97 Å². The number of carboxylic acid groups (broad SMARTS) is 1. The number of benzene rings is 1. The van der Waals surface area contributed by atoms with Gasteiger partial charge in [0, 0.05) is 0 Å². The second kappa shape index (κ2) is 7.11. The fraction of sp³-hybridized carbons (Fsp3) is 0.632. The van der Waals surface area contributed by atoms with Crippen LogP contribution in [-0.4, -0.2) is 11.1 Å². The predicted octanol–water partition coefficient (Wildman–Crippen LogP) is 5.30. The van der Waals surface area contributed by atoms with Crippen LogP contribution in [0.5, 0.6) is 0 Å². The average Bonchev–Trinajstić information content (AvgIpc) is 2.42. The summed E-state index contributed by atoms with van der Waals surface area (Å²) < 4.78 is 0. The van der Waals surface area contributed by atoms with Crippen molar-refractivity contribution in [2.45, 2.75) is 77.6 Å². The van der Waals surface area contributed by atoms with Crippen LogP contribution in [0.25, 0.3) is 0 Å². The molecule has 1 N–H and O–H groups in total. The van der Waals surface area contributed by atoms with E-state index in [9.17, 15) is 9.90 Å². The Bertz CT molecular complexity index is 453. The van der Waals surface area contributed by atoms with Gasteiger partial charge in [-0.2, -0.15) is 0 Å². The van der Waals surface area contributed by atoms with E-state index < -0.39 is 11.4 Å². The van der Waals surface area contributed by atoms with Crippen LogP contribution in [0.3, 0.4) is 0 Å². The van der Waals surface area contributed by atoms with Gasteiger partial charge in [0.2, 0.25) is 0 Å². The van der Waals surface area contributed by atoms with E-state index in [1.165, 1.54) is 5.56 Å². The third-order valence-corrected chi connectivity index (χ3v) is 4.35. The van der Waals surface area contributed by atoms with Crippen molar-refractivity contribution in [3.8, 4) is 0 Å². The van der Waals surface area contributed by atoms with Gasteiger partial charge in [-0.15, -0.1) is 0 Å². The lowest BCUT2D eigenvalue weighted by Crippen LogP contribution is -2.36. The Morgan fingerprint density at radius 3 is 1.86 bits per heavy atom. The highest BCUT2D eigenvalue weighted by molar-refractivity contribution is 5.81. The first-order valence-corrected chi connectivity index (χ1v) is 8.12. The van der Waals surface area contributed by atoms with E-state index in [-0.39, 0.29) is 5.41 Å². The number of aliphatic carboxylic acids is 1. The number of carbonyl (C=O) groups is 1. The van der Waals surface area contributed by atoms with Gasteiger partial charge < -0.3 is 5.11 Å². The van der Waals surface area contributed by atoms with E-state index >= 15 is 0 Å². The van der Waals surface area contributed by atoms with Crippen LogP contribution in [-0.2, 0) is 15.6 Å². The molecule has 1 aromatic carbocycles. The molecule has 21 heavy (non-hydrogen) atoms. The highest BCUT2D eigenvalue weighted by atomic mass is 16.4. The largest absolute Gasteiger partial charge is 0.481 e. The van der Waals surface area contributed by atoms with Gasteiger partial charge in [0.25, 0.3) is 0 Å². The molecule has 0 aliphatic heterocycles. The Kier molecular flexibility index (Phi) is 6.00. The lowest BCUT2D eigenvalue weighted by atomic mass is 9.72. The fourth-order valence-electron chi connectivity index (χ4n) is 2.95. The normalized spacial score (nSPS) is 14.7. The van der Waals surface area contributed by atoms with Crippen molar-refractivity contribution in [1.82, 2.24) is 0 Å². The molecule has 0 saturated heterocycles. The van der Waals surface area contributed by atoms with Gasteiger partial charge in [-0.1, -0.05) is 78.1 Å². The monoisotopic (exact) mass is 290 g/mol. The molecule has 0 fully saturated rings. The first-order valence-electron chi connectivity index (χ1n) is 8.12.